The molecular weight excluding hydrogens is 279 g/mol. The minimum atomic E-state index is 0.510. The highest BCUT2D eigenvalue weighted by Crippen LogP contribution is 2.40. The van der Waals surface area contributed by atoms with Crippen molar-refractivity contribution >= 4 is 34.7 Å². The van der Waals surface area contributed by atoms with Crippen molar-refractivity contribution < 1.29 is 4.74 Å². The van der Waals surface area contributed by atoms with E-state index in [1.54, 1.807) is 18.2 Å². The molecule has 1 heterocycles. The van der Waals surface area contributed by atoms with E-state index in [1.807, 2.05) is 0 Å². The molecule has 3 nitrogen and oxygen atoms in total. The molecule has 0 saturated heterocycles. The largest absolute Gasteiger partial charge is 0.428 e. The smallest absolute Gasteiger partial charge is 0.298 e. The van der Waals surface area contributed by atoms with Crippen molar-refractivity contribution in [2.24, 2.45) is 0 Å². The predicted octanol–water partition coefficient (Wildman–Crippen LogP) is 4.51. The maximum atomic E-state index is 6.00. The molecule has 0 N–H and O–H groups in total. The summed E-state index contributed by atoms with van der Waals surface area (Å²) in [6.07, 6.45) is 2.35. The van der Waals surface area contributed by atoms with Crippen molar-refractivity contribution in [3.63, 3.8) is 0 Å². The summed E-state index contributed by atoms with van der Waals surface area (Å²) in [6, 6.07) is 5.08. The Balaban J connectivity index is 1.82. The second-order valence-electron chi connectivity index (χ2n) is 3.87. The maximum absolute atomic E-state index is 6.00. The summed E-state index contributed by atoms with van der Waals surface area (Å²) in [4.78, 5) is 4.32. The standard InChI is InChI=1S/C11H8Cl2N2OS/c12-7-3-4-8(13)9(5-7)16-11-14-10(15-17-11)6-1-2-6/h3-6H,1-2H2. The van der Waals surface area contributed by atoms with Gasteiger partial charge in [0.25, 0.3) is 5.19 Å². The predicted molar refractivity (Wildman–Crippen MR) is 68.4 cm³/mol. The number of aromatic nitrogens is 2. The van der Waals surface area contributed by atoms with E-state index in [0.717, 1.165) is 5.82 Å². The lowest BCUT2D eigenvalue weighted by atomic mass is 10.3. The van der Waals surface area contributed by atoms with Crippen molar-refractivity contribution in [1.29, 1.82) is 0 Å². The molecule has 0 atom stereocenters. The third-order valence-corrected chi connectivity index (χ3v) is 3.61. The van der Waals surface area contributed by atoms with Crippen LogP contribution in [0.5, 0.6) is 10.9 Å². The molecule has 0 amide bonds. The molecule has 0 unspecified atom stereocenters. The minimum Gasteiger partial charge on any atom is -0.428 e. The van der Waals surface area contributed by atoms with Crippen LogP contribution in [0.15, 0.2) is 18.2 Å². The van der Waals surface area contributed by atoms with Crippen molar-refractivity contribution in [2.45, 2.75) is 18.8 Å². The number of nitrogens with zero attached hydrogens (tertiary/aromatic N) is 2. The van der Waals surface area contributed by atoms with Crippen LogP contribution in [0, 0.1) is 0 Å². The van der Waals surface area contributed by atoms with Crippen LogP contribution in [-0.4, -0.2) is 9.36 Å². The first-order valence-electron chi connectivity index (χ1n) is 5.19. The molecule has 2 aromatic rings. The number of rotatable bonds is 3. The third kappa shape index (κ3) is 2.54. The van der Waals surface area contributed by atoms with E-state index in [9.17, 15) is 0 Å². The highest BCUT2D eigenvalue weighted by molar-refractivity contribution is 7.07. The summed E-state index contributed by atoms with van der Waals surface area (Å²) in [5, 5.41) is 1.60. The van der Waals surface area contributed by atoms with Gasteiger partial charge in [0.2, 0.25) is 0 Å². The Labute approximate surface area is 113 Å². The molecule has 0 aliphatic heterocycles. The van der Waals surface area contributed by atoms with Crippen LogP contribution in [0.1, 0.15) is 24.6 Å². The topological polar surface area (TPSA) is 35.0 Å². The molecule has 1 aromatic carbocycles. The summed E-state index contributed by atoms with van der Waals surface area (Å²) in [5.74, 6) is 1.92. The fraction of sp³-hybridized carbons (Fsp3) is 0.273. The molecule has 0 bridgehead atoms. The zero-order valence-corrected chi connectivity index (χ0v) is 11.0. The number of halogens is 2. The first-order valence-corrected chi connectivity index (χ1v) is 6.72. The van der Waals surface area contributed by atoms with Gasteiger partial charge in [0.05, 0.1) is 5.02 Å². The van der Waals surface area contributed by atoms with Gasteiger partial charge in [0.1, 0.15) is 11.6 Å². The molecule has 3 rings (SSSR count). The van der Waals surface area contributed by atoms with Gasteiger partial charge in [-0.25, -0.2) is 0 Å². The number of hydrogen-bond acceptors (Lipinski definition) is 4. The van der Waals surface area contributed by atoms with Crippen molar-refractivity contribution in [1.82, 2.24) is 9.36 Å². The lowest BCUT2D eigenvalue weighted by Crippen LogP contribution is -1.86. The van der Waals surface area contributed by atoms with Crippen molar-refractivity contribution in [3.05, 3.63) is 34.1 Å². The average molecular weight is 287 g/mol. The zero-order valence-electron chi connectivity index (χ0n) is 8.69. The van der Waals surface area contributed by atoms with Gasteiger partial charge in [-0.2, -0.15) is 9.36 Å². The van der Waals surface area contributed by atoms with Gasteiger partial charge in [-0.05, 0) is 25.0 Å². The van der Waals surface area contributed by atoms with E-state index in [4.69, 9.17) is 27.9 Å². The Kier molecular flexibility index (Phi) is 2.94. The Hall–Kier alpha value is -0.840. The van der Waals surface area contributed by atoms with Gasteiger partial charge in [-0.3, -0.25) is 0 Å². The van der Waals surface area contributed by atoms with Gasteiger partial charge in [0, 0.05) is 28.5 Å². The van der Waals surface area contributed by atoms with E-state index in [2.05, 4.69) is 9.36 Å². The van der Waals surface area contributed by atoms with E-state index < -0.39 is 0 Å². The lowest BCUT2D eigenvalue weighted by molar-refractivity contribution is 0.477. The molecule has 17 heavy (non-hydrogen) atoms. The summed E-state index contributed by atoms with van der Waals surface area (Å²) in [7, 11) is 0. The van der Waals surface area contributed by atoms with Gasteiger partial charge in [-0.1, -0.05) is 23.2 Å². The Bertz CT molecular complexity index is 554. The number of benzene rings is 1. The molecule has 1 fully saturated rings. The van der Waals surface area contributed by atoms with Crippen LogP contribution in [-0.2, 0) is 0 Å². The van der Waals surface area contributed by atoms with Gasteiger partial charge < -0.3 is 4.74 Å². The van der Waals surface area contributed by atoms with Gasteiger partial charge >= 0.3 is 0 Å². The lowest BCUT2D eigenvalue weighted by Gasteiger charge is -2.03. The summed E-state index contributed by atoms with van der Waals surface area (Å²) in [6.45, 7) is 0. The fourth-order valence-electron chi connectivity index (χ4n) is 1.42. The first-order chi connectivity index (χ1) is 8.22. The Morgan fingerprint density at radius 1 is 1.29 bits per heavy atom. The molecule has 1 saturated carbocycles. The van der Waals surface area contributed by atoms with Gasteiger partial charge in [0.15, 0.2) is 0 Å². The number of ether oxygens (including phenoxy) is 1. The van der Waals surface area contributed by atoms with E-state index in [-0.39, 0.29) is 0 Å². The normalized spacial score (nSPS) is 14.9. The van der Waals surface area contributed by atoms with Crippen LogP contribution in [0.2, 0.25) is 10.0 Å². The maximum Gasteiger partial charge on any atom is 0.298 e. The second kappa shape index (κ2) is 4.44. The summed E-state index contributed by atoms with van der Waals surface area (Å²) in [5.41, 5.74) is 0. The molecule has 1 aliphatic rings. The molecule has 0 spiro atoms. The molecule has 88 valence electrons. The molecular formula is C11H8Cl2N2OS. The SMILES string of the molecule is Clc1ccc(Cl)c(Oc2nc(C3CC3)ns2)c1. The highest BCUT2D eigenvalue weighted by Gasteiger charge is 2.28. The quantitative estimate of drug-likeness (QED) is 0.832. The highest BCUT2D eigenvalue weighted by atomic mass is 35.5. The molecule has 0 radical (unpaired) electrons. The zero-order chi connectivity index (χ0) is 11.8. The van der Waals surface area contributed by atoms with Crippen LogP contribution in [0.3, 0.4) is 0 Å². The first kappa shape index (κ1) is 11.3. The molecule has 1 aromatic heterocycles. The van der Waals surface area contributed by atoms with Crippen molar-refractivity contribution in [2.75, 3.05) is 0 Å². The molecule has 6 heteroatoms. The molecule has 1 aliphatic carbocycles. The van der Waals surface area contributed by atoms with E-state index >= 15 is 0 Å². The fourth-order valence-corrected chi connectivity index (χ4v) is 2.36. The van der Waals surface area contributed by atoms with Crippen LogP contribution < -0.4 is 4.74 Å². The Morgan fingerprint density at radius 3 is 2.88 bits per heavy atom. The monoisotopic (exact) mass is 286 g/mol. The summed E-state index contributed by atoms with van der Waals surface area (Å²) >= 11 is 13.1. The third-order valence-electron chi connectivity index (χ3n) is 2.46. The van der Waals surface area contributed by atoms with Crippen LogP contribution >= 0.6 is 34.7 Å². The van der Waals surface area contributed by atoms with E-state index in [1.165, 1.54) is 24.4 Å². The minimum absolute atomic E-state index is 0.510. The number of hydrogen-bond donors (Lipinski definition) is 0. The average Bonchev–Trinajstić information content (AvgIpc) is 3.05. The summed E-state index contributed by atoms with van der Waals surface area (Å²) < 4.78 is 9.83. The second-order valence-corrected chi connectivity index (χ2v) is 5.43. The van der Waals surface area contributed by atoms with Crippen molar-refractivity contribution in [3.8, 4) is 10.9 Å². The van der Waals surface area contributed by atoms with E-state index in [0.29, 0.717) is 26.9 Å². The van der Waals surface area contributed by atoms with Gasteiger partial charge in [-0.15, -0.1) is 0 Å². The Morgan fingerprint density at radius 2 is 2.12 bits per heavy atom. The van der Waals surface area contributed by atoms with Crippen LogP contribution in [0.4, 0.5) is 0 Å². The van der Waals surface area contributed by atoms with Crippen LogP contribution in [0.25, 0.3) is 0 Å².